The molecule has 0 bridgehead atoms. The molecule has 0 aromatic heterocycles. The summed E-state index contributed by atoms with van der Waals surface area (Å²) in [6.45, 7) is 3.53. The lowest BCUT2D eigenvalue weighted by atomic mass is 9.90. The number of rotatable bonds is 4. The van der Waals surface area contributed by atoms with Crippen molar-refractivity contribution in [1.29, 1.82) is 0 Å². The Balaban J connectivity index is 1.97. The molecule has 0 aliphatic carbocycles. The van der Waals surface area contributed by atoms with E-state index in [4.69, 9.17) is 9.47 Å². The molecular formula is C22H24N2O5. The molecule has 0 radical (unpaired) electrons. The van der Waals surface area contributed by atoms with Crippen molar-refractivity contribution in [2.45, 2.75) is 32.4 Å². The Kier molecular flexibility index (Phi) is 5.87. The van der Waals surface area contributed by atoms with Gasteiger partial charge in [0.05, 0.1) is 31.4 Å². The molecule has 29 heavy (non-hydrogen) atoms. The largest absolute Gasteiger partial charge is 0.465 e. The minimum atomic E-state index is -0.429. The van der Waals surface area contributed by atoms with Crippen LogP contribution in [-0.2, 0) is 14.3 Å². The zero-order valence-electron chi connectivity index (χ0n) is 16.9. The van der Waals surface area contributed by atoms with Crippen LogP contribution in [0.4, 0.5) is 11.4 Å². The van der Waals surface area contributed by atoms with Crippen molar-refractivity contribution in [2.24, 2.45) is 0 Å². The van der Waals surface area contributed by atoms with Crippen LogP contribution in [0.25, 0.3) is 0 Å². The Morgan fingerprint density at radius 1 is 0.966 bits per heavy atom. The van der Waals surface area contributed by atoms with E-state index < -0.39 is 11.9 Å². The molecule has 0 unspecified atom stereocenters. The maximum absolute atomic E-state index is 12.2. The van der Waals surface area contributed by atoms with Crippen LogP contribution in [-0.4, -0.2) is 38.1 Å². The summed E-state index contributed by atoms with van der Waals surface area (Å²) in [7, 11) is 2.68. The fourth-order valence-electron chi connectivity index (χ4n) is 3.75. The Bertz CT molecular complexity index is 939. The standard InChI is InChI=1S/C22H24N2O5/c1-13-11-19(23-17-8-5-15(6-9-17)21(26)28-3)18-12-16(22(27)29-4)7-10-20(18)24(13)14(2)25/h5-10,12-13,19,23H,11H2,1-4H3/t13-,19+/m0/s1. The van der Waals surface area contributed by atoms with Crippen LogP contribution in [0, 0.1) is 0 Å². The number of amides is 1. The maximum atomic E-state index is 12.2. The number of ether oxygens (including phenoxy) is 2. The van der Waals surface area contributed by atoms with Crippen LogP contribution in [0.5, 0.6) is 0 Å². The topological polar surface area (TPSA) is 84.9 Å². The van der Waals surface area contributed by atoms with Gasteiger partial charge in [-0.15, -0.1) is 0 Å². The summed E-state index contributed by atoms with van der Waals surface area (Å²) >= 11 is 0. The second kappa shape index (κ2) is 8.34. The van der Waals surface area contributed by atoms with Gasteiger partial charge in [-0.05, 0) is 61.4 Å². The summed E-state index contributed by atoms with van der Waals surface area (Å²) in [6, 6.07) is 12.1. The van der Waals surface area contributed by atoms with Gasteiger partial charge < -0.3 is 19.7 Å². The molecule has 1 heterocycles. The molecule has 2 aromatic carbocycles. The van der Waals surface area contributed by atoms with Crippen molar-refractivity contribution < 1.29 is 23.9 Å². The summed E-state index contributed by atoms with van der Waals surface area (Å²) < 4.78 is 9.57. The average Bonchev–Trinajstić information content (AvgIpc) is 2.72. The predicted octanol–water partition coefficient (Wildman–Crippen LogP) is 3.56. The second-order valence-corrected chi connectivity index (χ2v) is 7.00. The molecule has 0 saturated heterocycles. The van der Waals surface area contributed by atoms with E-state index in [0.29, 0.717) is 17.5 Å². The van der Waals surface area contributed by atoms with Gasteiger partial charge in [-0.3, -0.25) is 4.79 Å². The minimum absolute atomic E-state index is 0.0178. The van der Waals surface area contributed by atoms with Gasteiger partial charge >= 0.3 is 11.9 Å². The molecule has 0 fully saturated rings. The molecule has 1 amide bonds. The Labute approximate surface area is 169 Å². The number of hydrogen-bond acceptors (Lipinski definition) is 6. The first-order chi connectivity index (χ1) is 13.8. The van der Waals surface area contributed by atoms with Gasteiger partial charge in [-0.25, -0.2) is 9.59 Å². The van der Waals surface area contributed by atoms with Crippen LogP contribution in [0.3, 0.4) is 0 Å². The van der Waals surface area contributed by atoms with Crippen LogP contribution in [0.2, 0.25) is 0 Å². The zero-order valence-corrected chi connectivity index (χ0v) is 16.9. The fourth-order valence-corrected chi connectivity index (χ4v) is 3.75. The normalized spacial score (nSPS) is 17.9. The average molecular weight is 396 g/mol. The van der Waals surface area contributed by atoms with Gasteiger partial charge in [-0.1, -0.05) is 0 Å². The van der Waals surface area contributed by atoms with Crippen molar-refractivity contribution >= 4 is 29.2 Å². The van der Waals surface area contributed by atoms with E-state index >= 15 is 0 Å². The van der Waals surface area contributed by atoms with E-state index in [9.17, 15) is 14.4 Å². The predicted molar refractivity (Wildman–Crippen MR) is 109 cm³/mol. The molecule has 1 aliphatic heterocycles. The van der Waals surface area contributed by atoms with E-state index in [0.717, 1.165) is 16.9 Å². The lowest BCUT2D eigenvalue weighted by Gasteiger charge is -2.39. The molecule has 1 N–H and O–H groups in total. The van der Waals surface area contributed by atoms with Gasteiger partial charge in [0.2, 0.25) is 5.91 Å². The fraction of sp³-hybridized carbons (Fsp3) is 0.318. The third-order valence-corrected chi connectivity index (χ3v) is 5.09. The van der Waals surface area contributed by atoms with Crippen molar-refractivity contribution in [3.05, 3.63) is 59.2 Å². The van der Waals surface area contributed by atoms with Crippen molar-refractivity contribution in [1.82, 2.24) is 0 Å². The van der Waals surface area contributed by atoms with Gasteiger partial charge in [0.1, 0.15) is 0 Å². The molecular weight excluding hydrogens is 372 g/mol. The number of carbonyl (C=O) groups excluding carboxylic acids is 3. The van der Waals surface area contributed by atoms with Gasteiger partial charge in [0.25, 0.3) is 0 Å². The Morgan fingerprint density at radius 3 is 2.14 bits per heavy atom. The van der Waals surface area contributed by atoms with Crippen LogP contribution >= 0.6 is 0 Å². The van der Waals surface area contributed by atoms with Gasteiger partial charge in [0.15, 0.2) is 0 Å². The number of benzene rings is 2. The van der Waals surface area contributed by atoms with Crippen molar-refractivity contribution in [2.75, 3.05) is 24.4 Å². The minimum Gasteiger partial charge on any atom is -0.465 e. The molecule has 7 heteroatoms. The molecule has 3 rings (SSSR count). The lowest BCUT2D eigenvalue weighted by Crippen LogP contribution is -2.43. The monoisotopic (exact) mass is 396 g/mol. The highest BCUT2D eigenvalue weighted by Gasteiger charge is 2.33. The van der Waals surface area contributed by atoms with E-state index in [1.54, 1.807) is 47.4 Å². The summed E-state index contributed by atoms with van der Waals surface area (Å²) in [5.41, 5.74) is 3.33. The van der Waals surface area contributed by atoms with Crippen LogP contribution in [0.1, 0.15) is 52.6 Å². The number of carbonyl (C=O) groups is 3. The molecule has 2 aromatic rings. The third kappa shape index (κ3) is 4.08. The van der Waals surface area contributed by atoms with E-state index in [2.05, 4.69) is 5.32 Å². The SMILES string of the molecule is COC(=O)c1ccc(N[C@@H]2C[C@H](C)N(C(C)=O)c3ccc(C(=O)OC)cc32)cc1. The highest BCUT2D eigenvalue weighted by Crippen LogP contribution is 2.39. The molecule has 7 nitrogen and oxygen atoms in total. The highest BCUT2D eigenvalue weighted by atomic mass is 16.5. The molecule has 0 saturated carbocycles. The molecule has 2 atom stereocenters. The number of hydrogen-bond donors (Lipinski definition) is 1. The quantitative estimate of drug-likeness (QED) is 0.796. The molecule has 0 spiro atoms. The summed E-state index contributed by atoms with van der Waals surface area (Å²) in [4.78, 5) is 37.6. The van der Waals surface area contributed by atoms with Crippen LogP contribution < -0.4 is 10.2 Å². The summed E-state index contributed by atoms with van der Waals surface area (Å²) in [6.07, 6.45) is 0.663. The lowest BCUT2D eigenvalue weighted by molar-refractivity contribution is -0.117. The number of esters is 2. The van der Waals surface area contributed by atoms with Gasteiger partial charge in [0, 0.05) is 24.3 Å². The first-order valence-corrected chi connectivity index (χ1v) is 9.32. The number of nitrogens with zero attached hydrogens (tertiary/aromatic N) is 1. The Morgan fingerprint density at radius 2 is 1.55 bits per heavy atom. The number of fused-ring (bicyclic) bond motifs is 1. The zero-order chi connectivity index (χ0) is 21.1. The first kappa shape index (κ1) is 20.4. The summed E-state index contributed by atoms with van der Waals surface area (Å²) in [5.74, 6) is -0.875. The van der Waals surface area contributed by atoms with Crippen LogP contribution in [0.15, 0.2) is 42.5 Å². The third-order valence-electron chi connectivity index (χ3n) is 5.09. The first-order valence-electron chi connectivity index (χ1n) is 9.32. The van der Waals surface area contributed by atoms with E-state index in [-0.39, 0.29) is 18.0 Å². The Hall–Kier alpha value is -3.35. The van der Waals surface area contributed by atoms with Crippen molar-refractivity contribution in [3.63, 3.8) is 0 Å². The van der Waals surface area contributed by atoms with Crippen molar-refractivity contribution in [3.8, 4) is 0 Å². The highest BCUT2D eigenvalue weighted by molar-refractivity contribution is 5.96. The number of nitrogens with one attached hydrogen (secondary N) is 1. The van der Waals surface area contributed by atoms with E-state index in [1.165, 1.54) is 21.1 Å². The molecule has 1 aliphatic rings. The maximum Gasteiger partial charge on any atom is 0.337 e. The second-order valence-electron chi connectivity index (χ2n) is 7.00. The van der Waals surface area contributed by atoms with Gasteiger partial charge in [-0.2, -0.15) is 0 Å². The molecule has 152 valence electrons. The summed E-state index contributed by atoms with van der Waals surface area (Å²) in [5, 5.41) is 3.45. The number of anilines is 2. The number of methoxy groups -OCH3 is 2. The smallest absolute Gasteiger partial charge is 0.337 e. The van der Waals surface area contributed by atoms with E-state index in [1.807, 2.05) is 6.92 Å².